The van der Waals surface area contributed by atoms with Crippen LogP contribution in [0.15, 0.2) is 23.2 Å². The number of ether oxygens (including phenoxy) is 2. The van der Waals surface area contributed by atoms with E-state index >= 15 is 0 Å². The second kappa shape index (κ2) is 7.63. The zero-order valence-electron chi connectivity index (χ0n) is 10.9. The van der Waals surface area contributed by atoms with Gasteiger partial charge in [0.2, 0.25) is 0 Å². The predicted octanol–water partition coefficient (Wildman–Crippen LogP) is 2.10. The number of hydrogen-bond donors (Lipinski definition) is 2. The molecule has 2 N–H and O–H groups in total. The molecule has 6 nitrogen and oxygen atoms in total. The number of aromatic hydroxyl groups is 1. The maximum atomic E-state index is 9.78. The number of phenolic OH excluding ortho intramolecular Hbond substituents is 1. The van der Waals surface area contributed by atoms with Crippen molar-refractivity contribution < 1.29 is 14.6 Å². The van der Waals surface area contributed by atoms with Gasteiger partial charge in [0.25, 0.3) is 0 Å². The van der Waals surface area contributed by atoms with Crippen molar-refractivity contribution in [1.29, 1.82) is 5.26 Å². The number of rotatable bonds is 4. The molecule has 0 spiro atoms. The minimum absolute atomic E-state index is 0.0617. The molecule has 1 rings (SSSR count). The van der Waals surface area contributed by atoms with E-state index in [0.717, 1.165) is 0 Å². The third-order valence-electron chi connectivity index (χ3n) is 2.28. The Morgan fingerprint density at radius 1 is 1.47 bits per heavy atom. The van der Waals surface area contributed by atoms with Gasteiger partial charge in [-0.15, -0.1) is 0 Å². The maximum absolute atomic E-state index is 9.78. The van der Waals surface area contributed by atoms with Crippen LogP contribution in [-0.4, -0.2) is 30.7 Å². The van der Waals surface area contributed by atoms with Crippen LogP contribution in [-0.2, 0) is 9.47 Å². The number of methoxy groups -OCH3 is 2. The van der Waals surface area contributed by atoms with Gasteiger partial charge in [0.15, 0.2) is 17.7 Å². The van der Waals surface area contributed by atoms with Gasteiger partial charge in [-0.3, -0.25) is 5.32 Å². The van der Waals surface area contributed by atoms with E-state index in [1.807, 2.05) is 6.19 Å². The molecule has 0 fully saturated rings. The quantitative estimate of drug-likeness (QED) is 0.289. The molecule has 0 bridgehead atoms. The molecule has 0 heterocycles. The van der Waals surface area contributed by atoms with Gasteiger partial charge < -0.3 is 14.6 Å². The van der Waals surface area contributed by atoms with Crippen molar-refractivity contribution in [3.63, 3.8) is 0 Å². The third kappa shape index (κ3) is 4.13. The molecule has 0 atom stereocenters. The summed E-state index contributed by atoms with van der Waals surface area (Å²) < 4.78 is 10.2. The minimum atomic E-state index is -0.670. The molecule has 0 radical (unpaired) electrons. The molecule has 0 saturated carbocycles. The molecule has 0 aliphatic rings. The van der Waals surface area contributed by atoms with Crippen molar-refractivity contribution in [1.82, 2.24) is 5.32 Å². The number of amidine groups is 1. The Morgan fingerprint density at radius 3 is 2.68 bits per heavy atom. The summed E-state index contributed by atoms with van der Waals surface area (Å²) in [6.45, 7) is 0. The summed E-state index contributed by atoms with van der Waals surface area (Å²) >= 11 is 1.31. The summed E-state index contributed by atoms with van der Waals surface area (Å²) in [5.74, 6) is 0.0617. The predicted molar refractivity (Wildman–Crippen MR) is 74.2 cm³/mol. The highest BCUT2D eigenvalue weighted by molar-refractivity contribution is 8.13. The lowest BCUT2D eigenvalue weighted by Gasteiger charge is -2.15. The molecule has 7 heteroatoms. The summed E-state index contributed by atoms with van der Waals surface area (Å²) in [5.41, 5.74) is 1.06. The summed E-state index contributed by atoms with van der Waals surface area (Å²) in [4.78, 5) is 4.24. The Kier molecular flexibility index (Phi) is 6.15. The zero-order chi connectivity index (χ0) is 14.3. The molecular formula is C12H15N3O3S. The zero-order valence-corrected chi connectivity index (χ0v) is 11.7. The highest BCUT2D eigenvalue weighted by Gasteiger charge is 2.14. The first-order chi connectivity index (χ1) is 9.15. The van der Waals surface area contributed by atoms with Gasteiger partial charge >= 0.3 is 0 Å². The van der Waals surface area contributed by atoms with Crippen molar-refractivity contribution in [2.75, 3.05) is 20.5 Å². The van der Waals surface area contributed by atoms with Crippen LogP contribution in [0.5, 0.6) is 5.75 Å². The van der Waals surface area contributed by atoms with Crippen molar-refractivity contribution in [3.8, 4) is 11.9 Å². The van der Waals surface area contributed by atoms with E-state index in [1.165, 1.54) is 32.0 Å². The molecule has 1 aromatic carbocycles. The summed E-state index contributed by atoms with van der Waals surface area (Å²) in [6, 6.07) is 4.78. The number of nitrogens with one attached hydrogen (secondary N) is 1. The highest BCUT2D eigenvalue weighted by atomic mass is 32.2. The van der Waals surface area contributed by atoms with Crippen LogP contribution in [0.3, 0.4) is 0 Å². The van der Waals surface area contributed by atoms with E-state index in [2.05, 4.69) is 10.3 Å². The Hall–Kier alpha value is -1.75. The summed E-state index contributed by atoms with van der Waals surface area (Å²) in [6.07, 6.45) is 2.94. The Labute approximate surface area is 116 Å². The molecule has 19 heavy (non-hydrogen) atoms. The Bertz CT molecular complexity index is 495. The fraction of sp³-hybridized carbons (Fsp3) is 0.333. The number of benzene rings is 1. The second-order valence-corrected chi connectivity index (χ2v) is 4.20. The Balaban J connectivity index is 3.12. The van der Waals surface area contributed by atoms with Crippen LogP contribution >= 0.6 is 11.8 Å². The summed E-state index contributed by atoms with van der Waals surface area (Å²) in [7, 11) is 2.96. The number of hydrogen-bond acceptors (Lipinski definition) is 6. The van der Waals surface area contributed by atoms with Crippen molar-refractivity contribution >= 4 is 22.6 Å². The summed E-state index contributed by atoms with van der Waals surface area (Å²) in [5, 5.41) is 21.3. The molecular weight excluding hydrogens is 266 g/mol. The van der Waals surface area contributed by atoms with Gasteiger partial charge in [-0.1, -0.05) is 11.8 Å². The van der Waals surface area contributed by atoms with Crippen molar-refractivity contribution in [2.24, 2.45) is 4.99 Å². The van der Waals surface area contributed by atoms with E-state index in [1.54, 1.807) is 18.4 Å². The van der Waals surface area contributed by atoms with Gasteiger partial charge in [-0.25, -0.2) is 4.99 Å². The maximum Gasteiger partial charge on any atom is 0.186 e. The van der Waals surface area contributed by atoms with Crippen LogP contribution in [0, 0.1) is 11.5 Å². The number of aliphatic imine (C=N–C) groups is 1. The molecule has 102 valence electrons. The van der Waals surface area contributed by atoms with E-state index in [-0.39, 0.29) is 5.75 Å². The third-order valence-corrected chi connectivity index (χ3v) is 2.86. The second-order valence-electron chi connectivity index (χ2n) is 3.40. The van der Waals surface area contributed by atoms with E-state index in [9.17, 15) is 5.11 Å². The molecule has 0 aliphatic carbocycles. The van der Waals surface area contributed by atoms with Crippen LogP contribution < -0.4 is 5.32 Å². The average molecular weight is 281 g/mol. The Morgan fingerprint density at radius 2 is 2.16 bits per heavy atom. The normalized spacial score (nSPS) is 11.4. The smallest absolute Gasteiger partial charge is 0.186 e. The fourth-order valence-corrected chi connectivity index (χ4v) is 1.78. The van der Waals surface area contributed by atoms with Gasteiger partial charge in [-0.2, -0.15) is 5.26 Å². The first-order valence-electron chi connectivity index (χ1n) is 5.32. The van der Waals surface area contributed by atoms with Crippen molar-refractivity contribution in [3.05, 3.63) is 23.8 Å². The monoisotopic (exact) mass is 281 g/mol. The van der Waals surface area contributed by atoms with Gasteiger partial charge in [-0.05, 0) is 24.5 Å². The lowest BCUT2D eigenvalue weighted by molar-refractivity contribution is -0.106. The molecule has 0 unspecified atom stereocenters. The lowest BCUT2D eigenvalue weighted by atomic mass is 10.1. The lowest BCUT2D eigenvalue weighted by Crippen LogP contribution is -2.12. The number of nitrogens with zero attached hydrogens (tertiary/aromatic N) is 2. The first-order valence-corrected chi connectivity index (χ1v) is 6.55. The van der Waals surface area contributed by atoms with Crippen LogP contribution in [0.1, 0.15) is 11.9 Å². The topological polar surface area (TPSA) is 86.9 Å². The number of nitriles is 1. The van der Waals surface area contributed by atoms with E-state index in [0.29, 0.717) is 16.4 Å². The average Bonchev–Trinajstić information content (AvgIpc) is 2.42. The molecule has 0 aromatic heterocycles. The molecule has 0 amide bonds. The van der Waals surface area contributed by atoms with Gasteiger partial charge in [0.05, 0.1) is 11.3 Å². The van der Waals surface area contributed by atoms with Gasteiger partial charge in [0, 0.05) is 14.2 Å². The van der Waals surface area contributed by atoms with E-state index < -0.39 is 6.29 Å². The van der Waals surface area contributed by atoms with E-state index in [4.69, 9.17) is 14.7 Å². The minimum Gasteiger partial charge on any atom is -0.507 e. The van der Waals surface area contributed by atoms with Crippen LogP contribution in [0.2, 0.25) is 0 Å². The largest absolute Gasteiger partial charge is 0.507 e. The van der Waals surface area contributed by atoms with Crippen LogP contribution in [0.4, 0.5) is 5.69 Å². The number of thioether (sulfide) groups is 1. The van der Waals surface area contributed by atoms with Crippen LogP contribution in [0.25, 0.3) is 0 Å². The number of phenols is 1. The molecule has 0 saturated heterocycles. The fourth-order valence-electron chi connectivity index (χ4n) is 1.44. The standard InChI is InChI=1S/C12H15N3O3S/c1-17-11(18-2)9-6-8(4-5-10(9)16)15-12(19-3)14-7-13/h4-6,11,16H,1-3H3,(H,14,15). The SMILES string of the molecule is COC(OC)c1cc(N=C(NC#N)SC)ccc1O. The molecule has 0 aliphatic heterocycles. The van der Waals surface area contributed by atoms with Gasteiger partial charge in [0.1, 0.15) is 5.75 Å². The highest BCUT2D eigenvalue weighted by Crippen LogP contribution is 2.31. The molecule has 1 aromatic rings. The van der Waals surface area contributed by atoms with Crippen molar-refractivity contribution in [2.45, 2.75) is 6.29 Å². The first kappa shape index (κ1) is 15.3.